The van der Waals surface area contributed by atoms with Crippen LogP contribution in [0.4, 0.5) is 9.80 Å². The number of urea groups is 1. The van der Waals surface area contributed by atoms with Crippen molar-refractivity contribution in [2.45, 2.75) is 78.0 Å². The van der Waals surface area contributed by atoms with E-state index in [1.807, 2.05) is 32.9 Å². The maximum atomic E-state index is 13.3. The van der Waals surface area contributed by atoms with Crippen LogP contribution in [0.1, 0.15) is 76.8 Å². The van der Waals surface area contributed by atoms with Gasteiger partial charge >= 0.3 is 12.0 Å². The van der Waals surface area contributed by atoms with Gasteiger partial charge in [-0.05, 0) is 93.8 Å². The number of anilines is 1. The Hall–Kier alpha value is -2.10. The van der Waals surface area contributed by atoms with E-state index < -0.39 is 5.60 Å². The zero-order chi connectivity index (χ0) is 27.7. The van der Waals surface area contributed by atoms with Gasteiger partial charge in [0.25, 0.3) is 0 Å². The minimum Gasteiger partial charge on any atom is -0.456 e. The Morgan fingerprint density at radius 2 is 1.79 bits per heavy atom. The summed E-state index contributed by atoms with van der Waals surface area (Å²) >= 11 is 15.7. The summed E-state index contributed by atoms with van der Waals surface area (Å²) in [6.07, 6.45) is 5.89. The minimum atomic E-state index is -0.621. The standard InChI is InChI=1S/C29H33Cl2N3O3S2/c1-29(2,3)37-27(35)24-18-7-5-4-6-8-22(18)39-26(24)34-28(36)33-14-19-17-11-12-32-15-23(17)38-25(19)16-9-10-20(30)21(31)13-16/h9-10,13,32H,4-8,11-12,14-15H2,1-3H3,(H2,33,34,36). The molecule has 2 aliphatic rings. The predicted octanol–water partition coefficient (Wildman–Crippen LogP) is 7.98. The second-order valence-electron chi connectivity index (χ2n) is 10.9. The highest BCUT2D eigenvalue weighted by Gasteiger charge is 2.29. The molecule has 6 nitrogen and oxygen atoms in total. The fourth-order valence-electron chi connectivity index (χ4n) is 5.15. The molecule has 0 fully saturated rings. The molecule has 0 radical (unpaired) electrons. The lowest BCUT2D eigenvalue weighted by atomic mass is 10.00. The monoisotopic (exact) mass is 605 g/mol. The molecule has 39 heavy (non-hydrogen) atoms. The molecule has 0 bridgehead atoms. The lowest BCUT2D eigenvalue weighted by molar-refractivity contribution is 0.00700. The molecule has 1 aliphatic carbocycles. The summed E-state index contributed by atoms with van der Waals surface area (Å²) in [4.78, 5) is 30.0. The molecule has 0 spiro atoms. The molecule has 3 N–H and O–H groups in total. The highest BCUT2D eigenvalue weighted by Crippen LogP contribution is 2.41. The molecule has 10 heteroatoms. The lowest BCUT2D eigenvalue weighted by Crippen LogP contribution is -2.30. The highest BCUT2D eigenvalue weighted by atomic mass is 35.5. The number of amides is 2. The zero-order valence-corrected chi connectivity index (χ0v) is 25.5. The number of ether oxygens (including phenoxy) is 1. The Kier molecular flexibility index (Phi) is 8.59. The molecule has 2 aromatic heterocycles. The zero-order valence-electron chi connectivity index (χ0n) is 22.4. The van der Waals surface area contributed by atoms with Gasteiger partial charge < -0.3 is 15.4 Å². The van der Waals surface area contributed by atoms with Crippen LogP contribution in [-0.4, -0.2) is 24.1 Å². The third-order valence-electron chi connectivity index (χ3n) is 6.90. The number of carbonyl (C=O) groups is 2. The van der Waals surface area contributed by atoms with E-state index in [0.29, 0.717) is 27.2 Å². The maximum Gasteiger partial charge on any atom is 0.341 e. The van der Waals surface area contributed by atoms with E-state index >= 15 is 0 Å². The van der Waals surface area contributed by atoms with Crippen molar-refractivity contribution in [2.75, 3.05) is 11.9 Å². The molecule has 0 saturated heterocycles. The summed E-state index contributed by atoms with van der Waals surface area (Å²) in [7, 11) is 0. The fraction of sp³-hybridized carbons (Fsp3) is 0.448. The first-order valence-corrected chi connectivity index (χ1v) is 15.7. The molecule has 0 unspecified atom stereocenters. The summed E-state index contributed by atoms with van der Waals surface area (Å²) in [6, 6.07) is 5.31. The van der Waals surface area contributed by atoms with Crippen molar-refractivity contribution in [1.82, 2.24) is 10.6 Å². The third kappa shape index (κ3) is 6.46. The largest absolute Gasteiger partial charge is 0.456 e. The second kappa shape index (κ2) is 11.8. The molecule has 1 aromatic carbocycles. The highest BCUT2D eigenvalue weighted by molar-refractivity contribution is 7.17. The van der Waals surface area contributed by atoms with E-state index in [-0.39, 0.29) is 12.0 Å². The number of aryl methyl sites for hydroxylation is 1. The van der Waals surface area contributed by atoms with Crippen molar-refractivity contribution in [3.05, 3.63) is 60.3 Å². The van der Waals surface area contributed by atoms with Crippen LogP contribution in [0.25, 0.3) is 10.4 Å². The van der Waals surface area contributed by atoms with Crippen LogP contribution in [0, 0.1) is 0 Å². The van der Waals surface area contributed by atoms with E-state index in [1.54, 1.807) is 17.4 Å². The van der Waals surface area contributed by atoms with Crippen LogP contribution < -0.4 is 16.0 Å². The first-order chi connectivity index (χ1) is 18.6. The van der Waals surface area contributed by atoms with Crippen molar-refractivity contribution < 1.29 is 14.3 Å². The van der Waals surface area contributed by atoms with Gasteiger partial charge in [-0.2, -0.15) is 0 Å². The van der Waals surface area contributed by atoms with Gasteiger partial charge in [0.15, 0.2) is 0 Å². The Bertz CT molecular complexity index is 1410. The number of halogens is 2. The van der Waals surface area contributed by atoms with E-state index in [2.05, 4.69) is 16.0 Å². The molecule has 0 atom stereocenters. The number of fused-ring (bicyclic) bond motifs is 2. The number of hydrogen-bond donors (Lipinski definition) is 3. The smallest absolute Gasteiger partial charge is 0.341 e. The summed E-state index contributed by atoms with van der Waals surface area (Å²) in [5.74, 6) is -0.376. The van der Waals surface area contributed by atoms with Crippen LogP contribution in [0.15, 0.2) is 18.2 Å². The van der Waals surface area contributed by atoms with Gasteiger partial charge in [0.05, 0.1) is 15.6 Å². The van der Waals surface area contributed by atoms with E-state index in [0.717, 1.165) is 73.2 Å². The second-order valence-corrected chi connectivity index (χ2v) is 14.0. The molecule has 2 amide bonds. The summed E-state index contributed by atoms with van der Waals surface area (Å²) in [6.45, 7) is 7.64. The third-order valence-corrected chi connectivity index (χ3v) is 10.2. The molecule has 1 aliphatic heterocycles. The van der Waals surface area contributed by atoms with Crippen molar-refractivity contribution in [3.63, 3.8) is 0 Å². The number of rotatable bonds is 5. The van der Waals surface area contributed by atoms with Crippen LogP contribution in [0.5, 0.6) is 0 Å². The van der Waals surface area contributed by atoms with E-state index in [9.17, 15) is 9.59 Å². The van der Waals surface area contributed by atoms with Gasteiger partial charge in [-0.15, -0.1) is 22.7 Å². The Morgan fingerprint density at radius 1 is 1.00 bits per heavy atom. The molecular formula is C29H33Cl2N3O3S2. The van der Waals surface area contributed by atoms with Gasteiger partial charge in [0.2, 0.25) is 0 Å². The average Bonchev–Trinajstić information content (AvgIpc) is 3.32. The van der Waals surface area contributed by atoms with E-state index in [1.165, 1.54) is 26.7 Å². The maximum absolute atomic E-state index is 13.3. The fourth-order valence-corrected chi connectivity index (χ4v) is 8.05. The molecule has 208 valence electrons. The number of carbonyl (C=O) groups excluding carboxylic acids is 2. The summed E-state index contributed by atoms with van der Waals surface area (Å²) in [5.41, 5.74) is 4.28. The van der Waals surface area contributed by atoms with Crippen molar-refractivity contribution >= 4 is 62.9 Å². The normalized spacial score (nSPS) is 15.2. The number of thiophene rings is 2. The van der Waals surface area contributed by atoms with Gasteiger partial charge in [-0.25, -0.2) is 9.59 Å². The van der Waals surface area contributed by atoms with Gasteiger partial charge in [-0.3, -0.25) is 5.32 Å². The summed E-state index contributed by atoms with van der Waals surface area (Å²) in [5, 5.41) is 11.1. The number of esters is 1. The Balaban J connectivity index is 1.39. The Morgan fingerprint density at radius 3 is 2.56 bits per heavy atom. The first kappa shape index (κ1) is 28.4. The van der Waals surface area contributed by atoms with E-state index in [4.69, 9.17) is 27.9 Å². The van der Waals surface area contributed by atoms with Crippen molar-refractivity contribution in [1.29, 1.82) is 0 Å². The summed E-state index contributed by atoms with van der Waals surface area (Å²) < 4.78 is 5.75. The topological polar surface area (TPSA) is 79.5 Å². The molecule has 0 saturated carbocycles. The number of hydrogen-bond acceptors (Lipinski definition) is 6. The van der Waals surface area contributed by atoms with Gasteiger partial charge in [-0.1, -0.05) is 35.7 Å². The molecular weight excluding hydrogens is 573 g/mol. The number of nitrogens with one attached hydrogen (secondary N) is 3. The SMILES string of the molecule is CC(C)(C)OC(=O)c1c(NC(=O)NCc2c(-c3ccc(Cl)c(Cl)c3)sc3c2CCNC3)sc2c1CCCCC2. The van der Waals surface area contributed by atoms with Crippen molar-refractivity contribution in [3.8, 4) is 10.4 Å². The molecule has 5 rings (SSSR count). The van der Waals surface area contributed by atoms with Crippen LogP contribution >= 0.6 is 45.9 Å². The van der Waals surface area contributed by atoms with Gasteiger partial charge in [0.1, 0.15) is 10.6 Å². The minimum absolute atomic E-state index is 0.342. The average molecular weight is 607 g/mol. The van der Waals surface area contributed by atoms with Crippen molar-refractivity contribution in [2.24, 2.45) is 0 Å². The molecule has 3 heterocycles. The van der Waals surface area contributed by atoms with Crippen LogP contribution in [0.3, 0.4) is 0 Å². The lowest BCUT2D eigenvalue weighted by Gasteiger charge is -2.20. The van der Waals surface area contributed by atoms with Crippen LogP contribution in [-0.2, 0) is 37.1 Å². The first-order valence-electron chi connectivity index (χ1n) is 13.3. The quantitative estimate of drug-likeness (QED) is 0.203. The Labute approximate surface area is 247 Å². The van der Waals surface area contributed by atoms with Crippen LogP contribution in [0.2, 0.25) is 10.0 Å². The number of benzene rings is 1. The molecule has 3 aromatic rings. The predicted molar refractivity (Wildman–Crippen MR) is 162 cm³/mol. The van der Waals surface area contributed by atoms with Gasteiger partial charge in [0, 0.05) is 27.7 Å².